The molecule has 25 heavy (non-hydrogen) atoms. The largest absolute Gasteiger partial charge is 0.494 e. The van der Waals surface area contributed by atoms with E-state index in [4.69, 9.17) is 9.47 Å². The van der Waals surface area contributed by atoms with Gasteiger partial charge in [0.05, 0.1) is 13.2 Å². The van der Waals surface area contributed by atoms with Crippen molar-refractivity contribution in [3.63, 3.8) is 0 Å². The van der Waals surface area contributed by atoms with Gasteiger partial charge in [0.2, 0.25) is 0 Å². The lowest BCUT2D eigenvalue weighted by atomic mass is 10.2. The van der Waals surface area contributed by atoms with Crippen molar-refractivity contribution < 1.29 is 14.3 Å². The Kier molecular flexibility index (Phi) is 5.39. The van der Waals surface area contributed by atoms with Crippen LogP contribution in [0.5, 0.6) is 11.5 Å². The van der Waals surface area contributed by atoms with Crippen LogP contribution < -0.4 is 9.47 Å². The Balaban J connectivity index is 1.66. The maximum absolute atomic E-state index is 11.4. The monoisotopic (exact) mass is 337 g/mol. The number of ether oxygens (including phenoxy) is 2. The Hall–Kier alpha value is -2.75. The van der Waals surface area contributed by atoms with E-state index in [-0.39, 0.29) is 0 Å². The highest BCUT2D eigenvalue weighted by atomic mass is 16.5. The first-order chi connectivity index (χ1) is 12.2. The lowest BCUT2D eigenvalue weighted by Crippen LogP contribution is -2.03. The fourth-order valence-electron chi connectivity index (χ4n) is 2.90. The molecule has 1 heterocycles. The number of carbonyl (C=O) groups is 1. The molecule has 3 rings (SSSR count). The molecule has 0 saturated carbocycles. The van der Waals surface area contributed by atoms with E-state index < -0.39 is 0 Å². The van der Waals surface area contributed by atoms with Crippen LogP contribution in [0.4, 0.5) is 0 Å². The zero-order valence-electron chi connectivity index (χ0n) is 14.7. The second-order valence-corrected chi connectivity index (χ2v) is 6.02. The van der Waals surface area contributed by atoms with Gasteiger partial charge in [-0.15, -0.1) is 0 Å². The van der Waals surface area contributed by atoms with Crippen LogP contribution in [0.15, 0.2) is 48.7 Å². The Bertz CT molecular complexity index is 849. The van der Waals surface area contributed by atoms with Crippen LogP contribution in [0, 0.1) is 6.92 Å². The molecule has 3 aromatic rings. The van der Waals surface area contributed by atoms with Crippen LogP contribution in [0.3, 0.4) is 0 Å². The second kappa shape index (κ2) is 7.88. The summed E-state index contributed by atoms with van der Waals surface area (Å²) in [7, 11) is 0. The molecule has 0 amide bonds. The molecule has 0 atom stereocenters. The minimum Gasteiger partial charge on any atom is -0.494 e. The van der Waals surface area contributed by atoms with Crippen molar-refractivity contribution in [2.45, 2.75) is 26.8 Å². The lowest BCUT2D eigenvalue weighted by Gasteiger charge is -2.09. The van der Waals surface area contributed by atoms with E-state index in [0.29, 0.717) is 18.8 Å². The highest BCUT2D eigenvalue weighted by Crippen LogP contribution is 2.25. The molecule has 0 aliphatic carbocycles. The summed E-state index contributed by atoms with van der Waals surface area (Å²) in [6.07, 6.45) is 3.67. The standard InChI is InChI=1S/C21H23NO3/c1-3-24-19-9-10-21-20(13-19)17(15-23)14-22(21)11-4-12-25-18-7-5-16(2)6-8-18/h5-10,13-15H,3-4,11-12H2,1-2H3. The summed E-state index contributed by atoms with van der Waals surface area (Å²) in [6.45, 7) is 6.05. The third kappa shape index (κ3) is 4.02. The molecule has 0 unspecified atom stereocenters. The van der Waals surface area contributed by atoms with Gasteiger partial charge in [0.1, 0.15) is 11.5 Å². The Morgan fingerprint density at radius 3 is 2.52 bits per heavy atom. The van der Waals surface area contributed by atoms with Gasteiger partial charge in [0.25, 0.3) is 0 Å². The fourth-order valence-corrected chi connectivity index (χ4v) is 2.90. The maximum Gasteiger partial charge on any atom is 0.152 e. The summed E-state index contributed by atoms with van der Waals surface area (Å²) >= 11 is 0. The van der Waals surface area contributed by atoms with Crippen molar-refractivity contribution in [3.8, 4) is 11.5 Å². The van der Waals surface area contributed by atoms with Gasteiger partial charge in [0, 0.05) is 29.2 Å². The number of rotatable bonds is 8. The Morgan fingerprint density at radius 2 is 1.80 bits per heavy atom. The second-order valence-electron chi connectivity index (χ2n) is 6.02. The number of fused-ring (bicyclic) bond motifs is 1. The van der Waals surface area contributed by atoms with E-state index in [9.17, 15) is 4.79 Å². The number of aryl methyl sites for hydroxylation is 2. The number of carbonyl (C=O) groups excluding carboxylic acids is 1. The number of benzene rings is 2. The molecule has 0 aliphatic heterocycles. The van der Waals surface area contributed by atoms with E-state index in [2.05, 4.69) is 11.5 Å². The molecule has 0 radical (unpaired) electrons. The highest BCUT2D eigenvalue weighted by molar-refractivity contribution is 5.98. The molecule has 0 fully saturated rings. The first-order valence-electron chi connectivity index (χ1n) is 8.61. The molecule has 0 spiro atoms. The number of aromatic nitrogens is 1. The zero-order valence-corrected chi connectivity index (χ0v) is 14.7. The fraction of sp³-hybridized carbons (Fsp3) is 0.286. The van der Waals surface area contributed by atoms with Crippen molar-refractivity contribution >= 4 is 17.2 Å². The molecule has 0 saturated heterocycles. The van der Waals surface area contributed by atoms with Gasteiger partial charge in [-0.05, 0) is 50.6 Å². The van der Waals surface area contributed by atoms with Crippen molar-refractivity contribution in [1.82, 2.24) is 4.57 Å². The first kappa shape index (κ1) is 17.1. The van der Waals surface area contributed by atoms with Crippen LogP contribution in [0.1, 0.15) is 29.3 Å². The number of hydrogen-bond acceptors (Lipinski definition) is 3. The topological polar surface area (TPSA) is 40.5 Å². The van der Waals surface area contributed by atoms with E-state index in [1.807, 2.05) is 55.6 Å². The molecule has 130 valence electrons. The smallest absolute Gasteiger partial charge is 0.152 e. The van der Waals surface area contributed by atoms with E-state index >= 15 is 0 Å². The third-order valence-electron chi connectivity index (χ3n) is 4.15. The SMILES string of the molecule is CCOc1ccc2c(c1)c(C=O)cn2CCCOc1ccc(C)cc1. The summed E-state index contributed by atoms with van der Waals surface area (Å²) < 4.78 is 13.4. The van der Waals surface area contributed by atoms with Gasteiger partial charge in [-0.2, -0.15) is 0 Å². The van der Waals surface area contributed by atoms with Gasteiger partial charge in [0.15, 0.2) is 6.29 Å². The molecular weight excluding hydrogens is 314 g/mol. The van der Waals surface area contributed by atoms with E-state index in [0.717, 1.165) is 41.7 Å². The van der Waals surface area contributed by atoms with Gasteiger partial charge in [-0.1, -0.05) is 17.7 Å². The number of aldehydes is 1. The van der Waals surface area contributed by atoms with Gasteiger partial charge >= 0.3 is 0 Å². The van der Waals surface area contributed by atoms with Crippen LogP contribution in [0.2, 0.25) is 0 Å². The molecule has 4 heteroatoms. The van der Waals surface area contributed by atoms with Gasteiger partial charge in [-0.25, -0.2) is 0 Å². The predicted octanol–water partition coefficient (Wildman–Crippen LogP) is 4.63. The highest BCUT2D eigenvalue weighted by Gasteiger charge is 2.09. The number of hydrogen-bond donors (Lipinski definition) is 0. The summed E-state index contributed by atoms with van der Waals surface area (Å²) in [6, 6.07) is 13.9. The minimum absolute atomic E-state index is 0.610. The molecule has 4 nitrogen and oxygen atoms in total. The third-order valence-corrected chi connectivity index (χ3v) is 4.15. The lowest BCUT2D eigenvalue weighted by molar-refractivity contribution is 0.112. The minimum atomic E-state index is 0.610. The molecule has 1 aromatic heterocycles. The van der Waals surface area contributed by atoms with Crippen molar-refractivity contribution in [3.05, 3.63) is 59.8 Å². The summed E-state index contributed by atoms with van der Waals surface area (Å²) in [5.41, 5.74) is 2.95. The Morgan fingerprint density at radius 1 is 1.04 bits per heavy atom. The van der Waals surface area contributed by atoms with Crippen LogP contribution >= 0.6 is 0 Å². The summed E-state index contributed by atoms with van der Waals surface area (Å²) in [5.74, 6) is 1.68. The quantitative estimate of drug-likeness (QED) is 0.444. The number of nitrogens with zero attached hydrogens (tertiary/aromatic N) is 1. The molecule has 2 aromatic carbocycles. The first-order valence-corrected chi connectivity index (χ1v) is 8.61. The van der Waals surface area contributed by atoms with Crippen molar-refractivity contribution in [2.24, 2.45) is 0 Å². The summed E-state index contributed by atoms with van der Waals surface area (Å²) in [5, 5.41) is 0.931. The molecular formula is C21H23NO3. The van der Waals surface area contributed by atoms with E-state index in [1.165, 1.54) is 5.56 Å². The van der Waals surface area contributed by atoms with Crippen LogP contribution in [-0.2, 0) is 6.54 Å². The van der Waals surface area contributed by atoms with Crippen LogP contribution in [0.25, 0.3) is 10.9 Å². The Labute approximate surface area is 148 Å². The average Bonchev–Trinajstić information content (AvgIpc) is 2.98. The molecule has 0 aliphatic rings. The van der Waals surface area contributed by atoms with Crippen LogP contribution in [-0.4, -0.2) is 24.1 Å². The summed E-state index contributed by atoms with van der Waals surface area (Å²) in [4.78, 5) is 11.4. The molecule has 0 N–H and O–H groups in total. The molecule has 0 bridgehead atoms. The van der Waals surface area contributed by atoms with E-state index in [1.54, 1.807) is 0 Å². The van der Waals surface area contributed by atoms with Gasteiger partial charge in [-0.3, -0.25) is 4.79 Å². The predicted molar refractivity (Wildman–Crippen MR) is 99.8 cm³/mol. The normalized spacial score (nSPS) is 10.8. The van der Waals surface area contributed by atoms with Crippen molar-refractivity contribution in [1.29, 1.82) is 0 Å². The van der Waals surface area contributed by atoms with Crippen molar-refractivity contribution in [2.75, 3.05) is 13.2 Å². The zero-order chi connectivity index (χ0) is 17.6. The average molecular weight is 337 g/mol. The maximum atomic E-state index is 11.4. The van der Waals surface area contributed by atoms with Gasteiger partial charge < -0.3 is 14.0 Å².